The van der Waals surface area contributed by atoms with Gasteiger partial charge >= 0.3 is 5.97 Å². The van der Waals surface area contributed by atoms with Crippen molar-refractivity contribution in [3.63, 3.8) is 0 Å². The number of carbonyl (C=O) groups is 3. The quantitative estimate of drug-likeness (QED) is 0.804. The van der Waals surface area contributed by atoms with Gasteiger partial charge < -0.3 is 9.82 Å². The summed E-state index contributed by atoms with van der Waals surface area (Å²) in [6, 6.07) is 4.72. The summed E-state index contributed by atoms with van der Waals surface area (Å²) in [6.07, 6.45) is 1.66. The van der Waals surface area contributed by atoms with Crippen LogP contribution in [0.25, 0.3) is 11.0 Å². The van der Waals surface area contributed by atoms with Gasteiger partial charge in [0.25, 0.3) is 11.8 Å². The molecule has 1 saturated heterocycles. The molecule has 2 aromatic rings. The highest BCUT2D eigenvalue weighted by molar-refractivity contribution is 6.03. The zero-order valence-electron chi connectivity index (χ0n) is 9.75. The van der Waals surface area contributed by atoms with Crippen LogP contribution in [-0.4, -0.2) is 32.8 Å². The van der Waals surface area contributed by atoms with Crippen LogP contribution in [0.1, 0.15) is 23.2 Å². The van der Waals surface area contributed by atoms with Crippen LogP contribution in [-0.2, 0) is 14.4 Å². The normalized spacial score (nSPS) is 15.3. The van der Waals surface area contributed by atoms with Gasteiger partial charge in [-0.3, -0.25) is 9.59 Å². The summed E-state index contributed by atoms with van der Waals surface area (Å²) in [5, 5.41) is 0.527. The molecule has 19 heavy (non-hydrogen) atoms. The van der Waals surface area contributed by atoms with Crippen molar-refractivity contribution in [3.8, 4) is 0 Å². The first-order chi connectivity index (χ1) is 9.15. The second-order valence-electron chi connectivity index (χ2n) is 4.10. The van der Waals surface area contributed by atoms with Gasteiger partial charge in [0.2, 0.25) is 0 Å². The number of hydroxylamine groups is 2. The van der Waals surface area contributed by atoms with Crippen LogP contribution in [0.15, 0.2) is 24.5 Å². The van der Waals surface area contributed by atoms with Crippen molar-refractivity contribution in [1.29, 1.82) is 0 Å². The van der Waals surface area contributed by atoms with Gasteiger partial charge in [0.05, 0.1) is 22.9 Å². The van der Waals surface area contributed by atoms with Crippen molar-refractivity contribution in [2.24, 2.45) is 0 Å². The monoisotopic (exact) mass is 259 g/mol. The van der Waals surface area contributed by atoms with E-state index in [0.29, 0.717) is 16.1 Å². The molecule has 0 spiro atoms. The van der Waals surface area contributed by atoms with E-state index in [1.807, 2.05) is 0 Å². The van der Waals surface area contributed by atoms with E-state index in [4.69, 9.17) is 4.84 Å². The summed E-state index contributed by atoms with van der Waals surface area (Å²) in [7, 11) is 0. The topological polar surface area (TPSA) is 92.4 Å². The van der Waals surface area contributed by atoms with E-state index in [0.717, 1.165) is 0 Å². The van der Waals surface area contributed by atoms with Crippen LogP contribution in [0.5, 0.6) is 0 Å². The van der Waals surface area contributed by atoms with Gasteiger partial charge in [-0.25, -0.2) is 9.78 Å². The fraction of sp³-hybridized carbons (Fsp3) is 0.167. The standard InChI is InChI=1S/C12H9N3O4/c16-10-3-4-11(17)15(10)19-12(18)7-1-2-8-9(5-7)14-6-13-8/h1-2,5-6H,3-4H2,(H,13,14). The third-order valence-corrected chi connectivity index (χ3v) is 2.84. The average Bonchev–Trinajstić information content (AvgIpc) is 2.99. The number of nitrogens with one attached hydrogen (secondary N) is 1. The molecule has 1 fully saturated rings. The molecular weight excluding hydrogens is 250 g/mol. The number of benzene rings is 1. The molecule has 0 bridgehead atoms. The molecule has 1 N–H and O–H groups in total. The third kappa shape index (κ3) is 1.95. The average molecular weight is 259 g/mol. The Kier molecular flexibility index (Phi) is 2.52. The van der Waals surface area contributed by atoms with Gasteiger partial charge in [-0.05, 0) is 18.2 Å². The Morgan fingerprint density at radius 2 is 2.00 bits per heavy atom. The molecule has 0 atom stereocenters. The highest BCUT2D eigenvalue weighted by atomic mass is 16.7. The van der Waals surface area contributed by atoms with Crippen LogP contribution in [0.2, 0.25) is 0 Å². The largest absolute Gasteiger partial charge is 0.363 e. The minimum atomic E-state index is -0.750. The number of aromatic amines is 1. The van der Waals surface area contributed by atoms with E-state index in [-0.39, 0.29) is 18.4 Å². The van der Waals surface area contributed by atoms with E-state index in [9.17, 15) is 14.4 Å². The number of carbonyl (C=O) groups excluding carboxylic acids is 3. The summed E-state index contributed by atoms with van der Waals surface area (Å²) in [6.45, 7) is 0. The summed E-state index contributed by atoms with van der Waals surface area (Å²) < 4.78 is 0. The smallest absolute Gasteiger partial charge is 0.345 e. The van der Waals surface area contributed by atoms with Crippen LogP contribution < -0.4 is 0 Å². The van der Waals surface area contributed by atoms with Gasteiger partial charge in [0.15, 0.2) is 0 Å². The number of nitrogens with zero attached hydrogens (tertiary/aromatic N) is 2. The number of fused-ring (bicyclic) bond motifs is 1. The zero-order valence-corrected chi connectivity index (χ0v) is 9.75. The van der Waals surface area contributed by atoms with Crippen molar-refractivity contribution >= 4 is 28.8 Å². The van der Waals surface area contributed by atoms with Gasteiger partial charge in [0.1, 0.15) is 0 Å². The summed E-state index contributed by atoms with van der Waals surface area (Å²) >= 11 is 0. The first-order valence-corrected chi connectivity index (χ1v) is 5.66. The van der Waals surface area contributed by atoms with Crippen LogP contribution in [0.4, 0.5) is 0 Å². The summed E-state index contributed by atoms with van der Waals surface area (Å²) in [5.74, 6) is -1.75. The van der Waals surface area contributed by atoms with Gasteiger partial charge in [-0.2, -0.15) is 0 Å². The number of amides is 2. The number of imide groups is 1. The van der Waals surface area contributed by atoms with Gasteiger partial charge in [-0.1, -0.05) is 0 Å². The molecule has 0 aliphatic carbocycles. The first kappa shape index (κ1) is 11.4. The van der Waals surface area contributed by atoms with E-state index in [2.05, 4.69) is 9.97 Å². The Morgan fingerprint density at radius 1 is 1.26 bits per heavy atom. The molecule has 0 radical (unpaired) electrons. The first-order valence-electron chi connectivity index (χ1n) is 5.66. The molecule has 2 heterocycles. The predicted octanol–water partition coefficient (Wildman–Crippen LogP) is 0.784. The Bertz CT molecular complexity index is 675. The number of H-pyrrole nitrogens is 1. The van der Waals surface area contributed by atoms with Crippen molar-refractivity contribution in [1.82, 2.24) is 15.0 Å². The molecule has 0 saturated carbocycles. The summed E-state index contributed by atoms with van der Waals surface area (Å²) in [4.78, 5) is 46.2. The minimum Gasteiger partial charge on any atom is -0.345 e. The van der Waals surface area contributed by atoms with Crippen molar-refractivity contribution in [3.05, 3.63) is 30.1 Å². The molecule has 1 aliphatic heterocycles. The number of hydrogen-bond acceptors (Lipinski definition) is 5. The summed E-state index contributed by atoms with van der Waals surface area (Å²) in [5.41, 5.74) is 1.63. The Hall–Kier alpha value is -2.70. The lowest BCUT2D eigenvalue weighted by atomic mass is 10.2. The highest BCUT2D eigenvalue weighted by Gasteiger charge is 2.33. The number of rotatable bonds is 2. The Balaban J connectivity index is 1.83. The highest BCUT2D eigenvalue weighted by Crippen LogP contribution is 2.16. The molecule has 1 aliphatic rings. The number of aromatic nitrogens is 2. The molecule has 1 aromatic carbocycles. The second-order valence-corrected chi connectivity index (χ2v) is 4.10. The fourth-order valence-corrected chi connectivity index (χ4v) is 1.86. The van der Waals surface area contributed by atoms with Crippen LogP contribution in [0.3, 0.4) is 0 Å². The van der Waals surface area contributed by atoms with E-state index in [1.54, 1.807) is 12.1 Å². The molecular formula is C12H9N3O4. The number of hydrogen-bond donors (Lipinski definition) is 1. The maximum Gasteiger partial charge on any atom is 0.363 e. The van der Waals surface area contributed by atoms with Gasteiger partial charge in [-0.15, -0.1) is 5.06 Å². The lowest BCUT2D eigenvalue weighted by Crippen LogP contribution is -2.32. The lowest BCUT2D eigenvalue weighted by Gasteiger charge is -2.12. The number of imidazole rings is 1. The predicted molar refractivity (Wildman–Crippen MR) is 62.6 cm³/mol. The molecule has 3 rings (SSSR count). The van der Waals surface area contributed by atoms with Crippen molar-refractivity contribution in [2.45, 2.75) is 12.8 Å². The van der Waals surface area contributed by atoms with Gasteiger partial charge in [0, 0.05) is 12.8 Å². The third-order valence-electron chi connectivity index (χ3n) is 2.84. The molecule has 7 nitrogen and oxygen atoms in total. The molecule has 96 valence electrons. The second kappa shape index (κ2) is 4.20. The molecule has 2 amide bonds. The Labute approximate surface area is 107 Å². The van der Waals surface area contributed by atoms with E-state index >= 15 is 0 Å². The molecule has 0 unspecified atom stereocenters. The van der Waals surface area contributed by atoms with Crippen molar-refractivity contribution < 1.29 is 19.2 Å². The zero-order chi connectivity index (χ0) is 13.4. The van der Waals surface area contributed by atoms with E-state index < -0.39 is 17.8 Å². The fourth-order valence-electron chi connectivity index (χ4n) is 1.86. The maximum atomic E-state index is 11.9. The Morgan fingerprint density at radius 3 is 2.74 bits per heavy atom. The maximum absolute atomic E-state index is 11.9. The van der Waals surface area contributed by atoms with Crippen LogP contribution >= 0.6 is 0 Å². The lowest BCUT2D eigenvalue weighted by molar-refractivity contribution is -0.172. The van der Waals surface area contributed by atoms with Crippen molar-refractivity contribution in [2.75, 3.05) is 0 Å². The molecule has 7 heteroatoms. The van der Waals surface area contributed by atoms with Crippen LogP contribution in [0, 0.1) is 0 Å². The molecule has 1 aromatic heterocycles. The minimum absolute atomic E-state index is 0.0751. The van der Waals surface area contributed by atoms with E-state index in [1.165, 1.54) is 12.4 Å². The SMILES string of the molecule is O=C(ON1C(=O)CCC1=O)c1ccc2nc[nH]c2c1.